The molecule has 1 aromatic heterocycles. The van der Waals surface area contributed by atoms with Gasteiger partial charge in [-0.25, -0.2) is 9.98 Å². The molecule has 0 fully saturated rings. The number of aliphatic imine (C=N–C) groups is 1. The van der Waals surface area contributed by atoms with Gasteiger partial charge in [-0.05, 0) is 38.5 Å². The van der Waals surface area contributed by atoms with Crippen molar-refractivity contribution in [1.29, 1.82) is 0 Å². The molecule has 0 aliphatic rings. The number of nitrogens with zero attached hydrogens (tertiary/aromatic N) is 2. The maximum Gasteiger partial charge on any atom is 0.219 e. The van der Waals surface area contributed by atoms with Crippen LogP contribution in [0, 0.1) is 0 Å². The lowest BCUT2D eigenvalue weighted by Crippen LogP contribution is -2.36. The van der Waals surface area contributed by atoms with Gasteiger partial charge in [0.2, 0.25) is 5.88 Å². The maximum absolute atomic E-state index is 5.82. The Morgan fingerprint density at radius 2 is 1.69 bits per heavy atom. The van der Waals surface area contributed by atoms with Crippen molar-refractivity contribution in [2.75, 3.05) is 19.7 Å². The second-order valence-electron chi connectivity index (χ2n) is 5.21. The van der Waals surface area contributed by atoms with Crippen LogP contribution in [0.4, 0.5) is 0 Å². The summed E-state index contributed by atoms with van der Waals surface area (Å²) in [5.41, 5.74) is 1.01. The molecule has 26 heavy (non-hydrogen) atoms. The van der Waals surface area contributed by atoms with E-state index in [1.807, 2.05) is 57.2 Å². The maximum atomic E-state index is 5.82. The van der Waals surface area contributed by atoms with Crippen LogP contribution < -0.4 is 20.1 Å². The number of pyridine rings is 1. The van der Waals surface area contributed by atoms with E-state index in [0.29, 0.717) is 30.5 Å². The number of benzene rings is 1. The van der Waals surface area contributed by atoms with E-state index in [1.165, 1.54) is 0 Å². The van der Waals surface area contributed by atoms with Crippen molar-refractivity contribution in [2.24, 2.45) is 4.99 Å². The number of rotatable bonds is 8. The lowest BCUT2D eigenvalue weighted by Gasteiger charge is -2.11. The summed E-state index contributed by atoms with van der Waals surface area (Å²) in [5.74, 6) is 2.69. The molecular formula is C19H27IN4O2. The molecule has 2 N–H and O–H groups in total. The van der Waals surface area contributed by atoms with Crippen LogP contribution in [-0.4, -0.2) is 30.6 Å². The smallest absolute Gasteiger partial charge is 0.219 e. The predicted octanol–water partition coefficient (Wildman–Crippen LogP) is 3.97. The van der Waals surface area contributed by atoms with Gasteiger partial charge in [-0.1, -0.05) is 18.2 Å². The van der Waals surface area contributed by atoms with Gasteiger partial charge in [0, 0.05) is 25.4 Å². The Hall–Kier alpha value is -2.03. The first kappa shape index (κ1) is 22.0. The van der Waals surface area contributed by atoms with Crippen molar-refractivity contribution in [3.63, 3.8) is 0 Å². The first-order valence-corrected chi connectivity index (χ1v) is 8.63. The minimum Gasteiger partial charge on any atom is -0.490 e. The minimum atomic E-state index is 0. The zero-order chi connectivity index (χ0) is 17.9. The fraction of sp³-hybridized carbons (Fsp3) is 0.368. The molecular weight excluding hydrogens is 443 g/mol. The highest BCUT2D eigenvalue weighted by atomic mass is 127. The molecule has 0 atom stereocenters. The Balaban J connectivity index is 0.00000338. The predicted molar refractivity (Wildman–Crippen MR) is 116 cm³/mol. The van der Waals surface area contributed by atoms with Gasteiger partial charge in [-0.2, -0.15) is 0 Å². The van der Waals surface area contributed by atoms with Crippen LogP contribution in [0.5, 0.6) is 17.4 Å². The van der Waals surface area contributed by atoms with Crippen LogP contribution in [0.3, 0.4) is 0 Å². The molecule has 0 radical (unpaired) electrons. The van der Waals surface area contributed by atoms with Gasteiger partial charge in [-0.15, -0.1) is 24.0 Å². The number of guanidine groups is 1. The summed E-state index contributed by atoms with van der Waals surface area (Å²) in [4.78, 5) is 8.88. The highest BCUT2D eigenvalue weighted by Gasteiger charge is 2.06. The number of halogens is 1. The van der Waals surface area contributed by atoms with E-state index < -0.39 is 0 Å². The van der Waals surface area contributed by atoms with E-state index in [0.717, 1.165) is 24.6 Å². The average molecular weight is 470 g/mol. The van der Waals surface area contributed by atoms with E-state index in [2.05, 4.69) is 20.6 Å². The van der Waals surface area contributed by atoms with Crippen molar-refractivity contribution in [1.82, 2.24) is 15.6 Å². The highest BCUT2D eigenvalue weighted by Crippen LogP contribution is 2.30. The highest BCUT2D eigenvalue weighted by molar-refractivity contribution is 14.0. The molecule has 142 valence electrons. The van der Waals surface area contributed by atoms with Crippen molar-refractivity contribution < 1.29 is 9.47 Å². The molecule has 0 aliphatic carbocycles. The Morgan fingerprint density at radius 3 is 2.27 bits per heavy atom. The molecule has 2 rings (SSSR count). The molecule has 1 heterocycles. The van der Waals surface area contributed by atoms with Crippen molar-refractivity contribution in [2.45, 2.75) is 27.3 Å². The zero-order valence-corrected chi connectivity index (χ0v) is 17.8. The summed E-state index contributed by atoms with van der Waals surface area (Å²) in [5, 5.41) is 6.39. The minimum absolute atomic E-state index is 0. The quantitative estimate of drug-likeness (QED) is 0.347. The molecule has 6 nitrogen and oxygen atoms in total. The SMILES string of the molecule is CCNC(=NCc1ccc(Oc2ccccc2OCC)nc1)NCC.I. The van der Waals surface area contributed by atoms with Gasteiger partial charge in [0.25, 0.3) is 0 Å². The van der Waals surface area contributed by atoms with E-state index in [1.54, 1.807) is 6.20 Å². The first-order chi connectivity index (χ1) is 12.3. The van der Waals surface area contributed by atoms with Crippen LogP contribution in [0.25, 0.3) is 0 Å². The van der Waals surface area contributed by atoms with Crippen LogP contribution in [0.2, 0.25) is 0 Å². The van der Waals surface area contributed by atoms with Crippen molar-refractivity contribution in [3.05, 3.63) is 48.2 Å². The Kier molecular flexibility index (Phi) is 10.5. The summed E-state index contributed by atoms with van der Waals surface area (Å²) >= 11 is 0. The van der Waals surface area contributed by atoms with Crippen molar-refractivity contribution >= 4 is 29.9 Å². The molecule has 0 amide bonds. The number of nitrogens with one attached hydrogen (secondary N) is 2. The second kappa shape index (κ2) is 12.3. The number of hydrogen-bond acceptors (Lipinski definition) is 4. The van der Waals surface area contributed by atoms with Crippen LogP contribution in [-0.2, 0) is 6.54 Å². The number of para-hydroxylation sites is 2. The van der Waals surface area contributed by atoms with Crippen molar-refractivity contribution in [3.8, 4) is 17.4 Å². The third-order valence-electron chi connectivity index (χ3n) is 3.27. The standard InChI is InChI=1S/C19H26N4O2.HI/c1-4-20-19(21-5-2)23-14-15-11-12-18(22-13-15)25-17-10-8-7-9-16(17)24-6-3;/h7-13H,4-6,14H2,1-3H3,(H2,20,21,23);1H. The fourth-order valence-corrected chi connectivity index (χ4v) is 2.17. The van der Waals surface area contributed by atoms with Gasteiger partial charge in [0.1, 0.15) is 0 Å². The van der Waals surface area contributed by atoms with Gasteiger partial charge in [0.15, 0.2) is 17.5 Å². The zero-order valence-electron chi connectivity index (χ0n) is 15.5. The molecule has 0 spiro atoms. The normalized spacial score (nSPS) is 9.65. The van der Waals surface area contributed by atoms with Gasteiger partial charge < -0.3 is 20.1 Å². The summed E-state index contributed by atoms with van der Waals surface area (Å²) in [6.07, 6.45) is 1.78. The topological polar surface area (TPSA) is 67.8 Å². The van der Waals surface area contributed by atoms with Gasteiger partial charge >= 0.3 is 0 Å². The largest absolute Gasteiger partial charge is 0.490 e. The first-order valence-electron chi connectivity index (χ1n) is 8.63. The summed E-state index contributed by atoms with van der Waals surface area (Å²) in [6, 6.07) is 11.4. The molecule has 2 aromatic rings. The molecule has 0 bridgehead atoms. The lowest BCUT2D eigenvalue weighted by atomic mass is 10.3. The third-order valence-corrected chi connectivity index (χ3v) is 3.27. The van der Waals surface area contributed by atoms with E-state index in [4.69, 9.17) is 9.47 Å². The number of ether oxygens (including phenoxy) is 2. The Bertz CT molecular complexity index is 669. The third kappa shape index (κ3) is 7.07. The Morgan fingerprint density at radius 1 is 1.00 bits per heavy atom. The van der Waals surface area contributed by atoms with Gasteiger partial charge in [0.05, 0.1) is 13.2 Å². The number of hydrogen-bond donors (Lipinski definition) is 2. The molecule has 0 aliphatic heterocycles. The molecule has 7 heteroatoms. The van der Waals surface area contributed by atoms with Crippen LogP contribution in [0.1, 0.15) is 26.3 Å². The summed E-state index contributed by atoms with van der Waals surface area (Å²) in [6.45, 7) is 8.83. The fourth-order valence-electron chi connectivity index (χ4n) is 2.17. The van der Waals surface area contributed by atoms with E-state index in [9.17, 15) is 0 Å². The summed E-state index contributed by atoms with van der Waals surface area (Å²) < 4.78 is 11.4. The molecule has 0 unspecified atom stereocenters. The average Bonchev–Trinajstić information content (AvgIpc) is 2.63. The monoisotopic (exact) mass is 470 g/mol. The molecule has 0 saturated carbocycles. The summed E-state index contributed by atoms with van der Waals surface area (Å²) in [7, 11) is 0. The van der Waals surface area contributed by atoms with Crippen LogP contribution >= 0.6 is 24.0 Å². The molecule has 0 saturated heterocycles. The van der Waals surface area contributed by atoms with E-state index >= 15 is 0 Å². The van der Waals surface area contributed by atoms with E-state index in [-0.39, 0.29) is 24.0 Å². The second-order valence-corrected chi connectivity index (χ2v) is 5.21. The number of aromatic nitrogens is 1. The van der Waals surface area contributed by atoms with Crippen LogP contribution in [0.15, 0.2) is 47.6 Å². The Labute approximate surface area is 172 Å². The lowest BCUT2D eigenvalue weighted by molar-refractivity contribution is 0.319. The van der Waals surface area contributed by atoms with Gasteiger partial charge in [-0.3, -0.25) is 0 Å². The molecule has 1 aromatic carbocycles.